The van der Waals surface area contributed by atoms with Crippen LogP contribution < -0.4 is 11.5 Å². The van der Waals surface area contributed by atoms with Crippen molar-refractivity contribution in [2.24, 2.45) is 40.1 Å². The van der Waals surface area contributed by atoms with Crippen LogP contribution in [0.1, 0.15) is 135 Å². The summed E-state index contributed by atoms with van der Waals surface area (Å²) in [6.45, 7) is 17.0. The third-order valence-corrected chi connectivity index (χ3v) is 11.4. The van der Waals surface area contributed by atoms with Crippen LogP contribution >= 0.6 is 0 Å². The number of hydrogen-bond donors (Lipinski definition) is 2. The van der Waals surface area contributed by atoms with Gasteiger partial charge < -0.3 is 16.4 Å². The van der Waals surface area contributed by atoms with E-state index in [-0.39, 0.29) is 22.9 Å². The van der Waals surface area contributed by atoms with Crippen molar-refractivity contribution in [2.75, 3.05) is 6.54 Å². The van der Waals surface area contributed by atoms with Crippen molar-refractivity contribution in [1.82, 2.24) is 9.88 Å². The summed E-state index contributed by atoms with van der Waals surface area (Å²) in [6, 6.07) is 16.5. The largest absolute Gasteiger partial charge is 0.333 e. The molecule has 4 fully saturated rings. The molecular weight excluding hydrogens is 540 g/mol. The molecule has 3 saturated carbocycles. The second-order valence-electron chi connectivity index (χ2n) is 16.5. The number of nitrogens with zero attached hydrogens (tertiary/aromatic N) is 2. The number of pyridine rings is 1. The standard InChI is InChI=1S/C16H22N2O.C12H17N.C11H23N/c1-15-8-13(17)9-16(2,10-15)18(11-15)14(19)12-6-4-3-5-7-12;1-10-5-4-6-11(9-10)12-7-2-3-8-13-12;1-8(2)11(4)6-9(3)5-10(12)7-11/h3-7,13H,8-11,17H2,1-2H3;2-3,7-8,10-11H,4-6,9H2,1H3;8-10H,5-7,12H2,1-4H3/t;10-,11?;/m.1./s1. The highest BCUT2D eigenvalue weighted by atomic mass is 16.2. The third-order valence-electron chi connectivity index (χ3n) is 11.4. The van der Waals surface area contributed by atoms with Gasteiger partial charge in [0.25, 0.3) is 5.91 Å². The first kappa shape index (κ1) is 34.6. The van der Waals surface area contributed by atoms with E-state index in [0.717, 1.165) is 55.0 Å². The highest BCUT2D eigenvalue weighted by Crippen LogP contribution is 2.51. The van der Waals surface area contributed by atoms with E-state index in [4.69, 9.17) is 11.5 Å². The Balaban J connectivity index is 0.000000157. The lowest BCUT2D eigenvalue weighted by Gasteiger charge is -2.43. The minimum Gasteiger partial charge on any atom is -0.333 e. The Morgan fingerprint density at radius 3 is 2.18 bits per heavy atom. The van der Waals surface area contributed by atoms with Gasteiger partial charge >= 0.3 is 0 Å². The molecule has 3 aliphatic carbocycles. The van der Waals surface area contributed by atoms with Crippen LogP contribution in [0, 0.1) is 28.6 Å². The zero-order valence-electron chi connectivity index (χ0n) is 28.9. The maximum absolute atomic E-state index is 12.7. The number of rotatable bonds is 3. The van der Waals surface area contributed by atoms with Crippen molar-refractivity contribution in [1.29, 1.82) is 0 Å². The van der Waals surface area contributed by atoms with Crippen molar-refractivity contribution in [3.63, 3.8) is 0 Å². The van der Waals surface area contributed by atoms with Crippen LogP contribution in [0.3, 0.4) is 0 Å². The molecule has 2 heterocycles. The number of aromatic nitrogens is 1. The molecule has 4 aliphatic rings. The number of carbonyl (C=O) groups is 1. The number of likely N-dealkylation sites (tertiary alicyclic amines) is 1. The molecule has 8 atom stereocenters. The molecule has 5 nitrogen and oxygen atoms in total. The first-order chi connectivity index (χ1) is 20.7. The maximum atomic E-state index is 12.7. The lowest BCUT2D eigenvalue weighted by Crippen LogP contribution is -2.48. The molecule has 6 rings (SSSR count). The van der Waals surface area contributed by atoms with Crippen molar-refractivity contribution >= 4 is 5.91 Å². The molecule has 1 saturated heterocycles. The van der Waals surface area contributed by atoms with E-state index in [0.29, 0.717) is 11.5 Å². The van der Waals surface area contributed by atoms with E-state index >= 15 is 0 Å². The van der Waals surface area contributed by atoms with E-state index in [1.807, 2.05) is 42.6 Å². The van der Waals surface area contributed by atoms with Gasteiger partial charge in [-0.2, -0.15) is 0 Å². The molecule has 0 radical (unpaired) electrons. The van der Waals surface area contributed by atoms with Crippen LogP contribution in [0.4, 0.5) is 0 Å². The SMILES string of the molecule is CC12CC(N)CC(C)(C1)N(C(=O)c1ccccc1)C2.CC1CC(N)CC(C)(C(C)C)C1.C[C@@H]1CCCC(c2ccccn2)C1. The summed E-state index contributed by atoms with van der Waals surface area (Å²) in [6.07, 6.45) is 14.2. The molecule has 2 aromatic rings. The van der Waals surface area contributed by atoms with Crippen LogP contribution in [-0.2, 0) is 0 Å². The number of amides is 1. The summed E-state index contributed by atoms with van der Waals surface area (Å²) in [4.78, 5) is 19.2. The van der Waals surface area contributed by atoms with Crippen molar-refractivity contribution < 1.29 is 4.79 Å². The molecule has 244 valence electrons. The fourth-order valence-electron chi connectivity index (χ4n) is 9.24. The van der Waals surface area contributed by atoms with Gasteiger partial charge in [-0.05, 0) is 111 Å². The van der Waals surface area contributed by atoms with Gasteiger partial charge in [0.05, 0.1) is 0 Å². The van der Waals surface area contributed by atoms with Gasteiger partial charge in [-0.15, -0.1) is 0 Å². The van der Waals surface area contributed by atoms with Gasteiger partial charge in [-0.1, -0.05) is 78.6 Å². The summed E-state index contributed by atoms with van der Waals surface area (Å²) < 4.78 is 0. The van der Waals surface area contributed by atoms with Crippen LogP contribution in [0.15, 0.2) is 54.7 Å². The Morgan fingerprint density at radius 1 is 0.864 bits per heavy atom. The summed E-state index contributed by atoms with van der Waals surface area (Å²) in [5.41, 5.74) is 14.9. The lowest BCUT2D eigenvalue weighted by molar-refractivity contribution is 0.0601. The van der Waals surface area contributed by atoms with E-state index in [9.17, 15) is 4.79 Å². The van der Waals surface area contributed by atoms with Crippen molar-refractivity contribution in [3.05, 3.63) is 66.0 Å². The summed E-state index contributed by atoms with van der Waals surface area (Å²) in [7, 11) is 0. The van der Waals surface area contributed by atoms with Crippen LogP contribution in [0.25, 0.3) is 0 Å². The van der Waals surface area contributed by atoms with E-state index in [1.165, 1.54) is 50.6 Å². The van der Waals surface area contributed by atoms with Crippen molar-refractivity contribution in [3.8, 4) is 0 Å². The molecule has 0 spiro atoms. The molecule has 7 unspecified atom stereocenters. The topological polar surface area (TPSA) is 85.2 Å². The van der Waals surface area contributed by atoms with Gasteiger partial charge in [0.2, 0.25) is 0 Å². The fourth-order valence-corrected chi connectivity index (χ4v) is 9.24. The zero-order chi connectivity index (χ0) is 32.1. The first-order valence-electron chi connectivity index (χ1n) is 17.5. The normalized spacial score (nSPS) is 36.5. The minimum absolute atomic E-state index is 0.0701. The van der Waals surface area contributed by atoms with E-state index in [1.54, 1.807) is 0 Å². The van der Waals surface area contributed by atoms with Gasteiger partial charge in [0, 0.05) is 47.5 Å². The number of hydrogen-bond acceptors (Lipinski definition) is 4. The van der Waals surface area contributed by atoms with Gasteiger partial charge in [0.1, 0.15) is 0 Å². The molecule has 1 aromatic carbocycles. The Morgan fingerprint density at radius 2 is 1.57 bits per heavy atom. The summed E-state index contributed by atoms with van der Waals surface area (Å²) >= 11 is 0. The highest BCUT2D eigenvalue weighted by molar-refractivity contribution is 5.95. The third kappa shape index (κ3) is 8.72. The Kier molecular flexibility index (Phi) is 11.4. The quantitative estimate of drug-likeness (QED) is 0.368. The first-order valence-corrected chi connectivity index (χ1v) is 17.5. The number of benzene rings is 1. The number of carbonyl (C=O) groups excluding carboxylic acids is 1. The van der Waals surface area contributed by atoms with E-state index < -0.39 is 0 Å². The Hall–Kier alpha value is -2.24. The number of fused-ring (bicyclic) bond motifs is 2. The zero-order valence-corrected chi connectivity index (χ0v) is 28.9. The molecular formula is C39H62N4O. The minimum atomic E-state index is -0.0701. The highest BCUT2D eigenvalue weighted by Gasteiger charge is 2.54. The second-order valence-corrected chi connectivity index (χ2v) is 16.5. The maximum Gasteiger partial charge on any atom is 0.254 e. The van der Waals surface area contributed by atoms with Gasteiger partial charge in [-0.3, -0.25) is 9.78 Å². The summed E-state index contributed by atoms with van der Waals surface area (Å²) in [5.74, 6) is 3.36. The lowest BCUT2D eigenvalue weighted by atomic mass is 9.64. The molecule has 1 aliphatic heterocycles. The average Bonchev–Trinajstić information content (AvgIpc) is 3.16. The monoisotopic (exact) mass is 602 g/mol. The van der Waals surface area contributed by atoms with Gasteiger partial charge in [-0.25, -0.2) is 0 Å². The second kappa shape index (κ2) is 14.5. The van der Waals surface area contributed by atoms with Crippen molar-refractivity contribution in [2.45, 2.75) is 136 Å². The predicted molar refractivity (Wildman–Crippen MR) is 184 cm³/mol. The van der Waals surface area contributed by atoms with Gasteiger partial charge in [0.15, 0.2) is 0 Å². The molecule has 44 heavy (non-hydrogen) atoms. The molecule has 4 N–H and O–H groups in total. The summed E-state index contributed by atoms with van der Waals surface area (Å²) in [5, 5.41) is 0. The number of nitrogens with two attached hydrogens (primary N) is 2. The smallest absolute Gasteiger partial charge is 0.254 e. The predicted octanol–water partition coefficient (Wildman–Crippen LogP) is 8.59. The molecule has 2 bridgehead atoms. The fraction of sp³-hybridized carbons (Fsp3) is 0.692. The van der Waals surface area contributed by atoms with Crippen LogP contribution in [0.5, 0.6) is 0 Å². The van der Waals surface area contributed by atoms with Crippen LogP contribution in [-0.4, -0.2) is 40.0 Å². The molecule has 1 aromatic heterocycles. The van der Waals surface area contributed by atoms with E-state index in [2.05, 4.69) is 70.5 Å². The van der Waals surface area contributed by atoms with Crippen LogP contribution in [0.2, 0.25) is 0 Å². The Labute approximate surface area is 269 Å². The average molecular weight is 603 g/mol. The molecule has 1 amide bonds. The Bertz CT molecular complexity index is 1180. The molecule has 5 heteroatoms.